The first-order chi connectivity index (χ1) is 16.9. The molecule has 2 heterocycles. The number of nitrogens with one attached hydrogen (secondary N) is 2. The fourth-order valence-electron chi connectivity index (χ4n) is 3.90. The van der Waals surface area contributed by atoms with E-state index in [2.05, 4.69) is 20.8 Å². The summed E-state index contributed by atoms with van der Waals surface area (Å²) < 4.78 is 3.24. The van der Waals surface area contributed by atoms with Crippen LogP contribution in [0.5, 0.6) is 0 Å². The van der Waals surface area contributed by atoms with Crippen molar-refractivity contribution in [1.29, 1.82) is 0 Å². The number of thioether (sulfide) groups is 1. The predicted octanol–water partition coefficient (Wildman–Crippen LogP) is 3.25. The third-order valence-corrected chi connectivity index (χ3v) is 6.42. The monoisotopic (exact) mass is 492 g/mol. The second-order valence-electron chi connectivity index (χ2n) is 8.41. The van der Waals surface area contributed by atoms with E-state index in [0.29, 0.717) is 21.8 Å². The minimum absolute atomic E-state index is 0.0161. The number of para-hydroxylation sites is 2. The Bertz CT molecular complexity index is 1440. The van der Waals surface area contributed by atoms with Crippen LogP contribution in [0, 0.1) is 0 Å². The van der Waals surface area contributed by atoms with Crippen molar-refractivity contribution in [1.82, 2.24) is 24.5 Å². The van der Waals surface area contributed by atoms with Crippen molar-refractivity contribution in [3.63, 3.8) is 0 Å². The zero-order valence-corrected chi connectivity index (χ0v) is 20.8. The molecule has 2 aromatic carbocycles. The molecule has 4 aromatic rings. The molecule has 10 heteroatoms. The van der Waals surface area contributed by atoms with Crippen LogP contribution in [0.1, 0.15) is 32.8 Å². The maximum Gasteiger partial charge on any atom is 0.262 e. The summed E-state index contributed by atoms with van der Waals surface area (Å²) in [6.07, 6.45) is 0.956. The number of hydrogen-bond acceptors (Lipinski definition) is 6. The number of anilines is 1. The third kappa shape index (κ3) is 5.37. The van der Waals surface area contributed by atoms with E-state index in [1.54, 1.807) is 16.5 Å². The fraction of sp³-hybridized carbons (Fsp3) is 0.320. The fourth-order valence-corrected chi connectivity index (χ4v) is 4.64. The van der Waals surface area contributed by atoms with Gasteiger partial charge in [0.05, 0.1) is 16.7 Å². The second-order valence-corrected chi connectivity index (χ2v) is 9.35. The van der Waals surface area contributed by atoms with Gasteiger partial charge in [-0.1, -0.05) is 49.0 Å². The lowest BCUT2D eigenvalue weighted by Gasteiger charge is -2.12. The highest BCUT2D eigenvalue weighted by atomic mass is 32.2. The molecule has 0 radical (unpaired) electrons. The minimum Gasteiger partial charge on any atom is -0.354 e. The number of carbonyl (C=O) groups is 2. The Hall–Kier alpha value is -3.66. The number of aryl methyl sites for hydroxylation is 2. The zero-order chi connectivity index (χ0) is 24.9. The highest BCUT2D eigenvalue weighted by molar-refractivity contribution is 7.99. The molecule has 2 N–H and O–H groups in total. The lowest BCUT2D eigenvalue weighted by atomic mass is 10.1. The van der Waals surface area contributed by atoms with Gasteiger partial charge < -0.3 is 10.6 Å². The maximum atomic E-state index is 13.2. The van der Waals surface area contributed by atoms with E-state index in [9.17, 15) is 14.4 Å². The summed E-state index contributed by atoms with van der Waals surface area (Å²) in [4.78, 5) is 38.1. The molecule has 0 aliphatic rings. The molecular formula is C25H28N6O3S. The van der Waals surface area contributed by atoms with Gasteiger partial charge in [0.25, 0.3) is 5.56 Å². The normalized spacial score (nSPS) is 11.3. The second kappa shape index (κ2) is 10.7. The number of benzene rings is 2. The summed E-state index contributed by atoms with van der Waals surface area (Å²) in [5.74, 6) is 0.167. The molecule has 0 fully saturated rings. The number of amides is 2. The molecule has 35 heavy (non-hydrogen) atoms. The molecule has 0 saturated carbocycles. The van der Waals surface area contributed by atoms with Crippen LogP contribution in [0.3, 0.4) is 0 Å². The van der Waals surface area contributed by atoms with Crippen molar-refractivity contribution >= 4 is 45.9 Å². The average molecular weight is 493 g/mol. The van der Waals surface area contributed by atoms with Crippen LogP contribution in [0.4, 0.5) is 5.69 Å². The number of fused-ring (bicyclic) bond motifs is 3. The number of aromatic nitrogens is 4. The van der Waals surface area contributed by atoms with Crippen molar-refractivity contribution in [3.05, 3.63) is 64.4 Å². The first kappa shape index (κ1) is 24.5. The number of hydrogen-bond donors (Lipinski definition) is 2. The van der Waals surface area contributed by atoms with E-state index < -0.39 is 0 Å². The lowest BCUT2D eigenvalue weighted by molar-refractivity contribution is -0.121. The van der Waals surface area contributed by atoms with Gasteiger partial charge in [-0.3, -0.25) is 23.4 Å². The summed E-state index contributed by atoms with van der Waals surface area (Å²) in [5.41, 5.74) is 2.28. The van der Waals surface area contributed by atoms with Crippen LogP contribution in [0.2, 0.25) is 0 Å². The van der Waals surface area contributed by atoms with Crippen LogP contribution in [-0.4, -0.2) is 42.8 Å². The van der Waals surface area contributed by atoms with E-state index in [0.717, 1.165) is 17.7 Å². The van der Waals surface area contributed by atoms with Crippen LogP contribution in [-0.2, 0) is 22.6 Å². The van der Waals surface area contributed by atoms with E-state index in [1.807, 2.05) is 57.2 Å². The zero-order valence-electron chi connectivity index (χ0n) is 19.9. The molecule has 0 atom stereocenters. The largest absolute Gasteiger partial charge is 0.354 e. The predicted molar refractivity (Wildman–Crippen MR) is 138 cm³/mol. The van der Waals surface area contributed by atoms with Crippen molar-refractivity contribution < 1.29 is 9.59 Å². The Morgan fingerprint density at radius 2 is 1.77 bits per heavy atom. The Morgan fingerprint density at radius 1 is 1.03 bits per heavy atom. The highest BCUT2D eigenvalue weighted by Crippen LogP contribution is 2.22. The van der Waals surface area contributed by atoms with Gasteiger partial charge in [-0.15, -0.1) is 10.2 Å². The Balaban J connectivity index is 1.62. The Labute approximate surface area is 206 Å². The highest BCUT2D eigenvalue weighted by Gasteiger charge is 2.18. The van der Waals surface area contributed by atoms with Crippen LogP contribution < -0.4 is 16.2 Å². The van der Waals surface area contributed by atoms with Crippen LogP contribution in [0.15, 0.2) is 58.5 Å². The molecule has 0 aliphatic carbocycles. The molecule has 4 rings (SSSR count). The summed E-state index contributed by atoms with van der Waals surface area (Å²) in [7, 11) is 0. The molecule has 2 aromatic heterocycles. The number of nitrogens with zero attached hydrogens (tertiary/aromatic N) is 4. The van der Waals surface area contributed by atoms with Crippen molar-refractivity contribution in [2.75, 3.05) is 11.1 Å². The van der Waals surface area contributed by atoms with Gasteiger partial charge in [-0.2, -0.15) is 0 Å². The lowest BCUT2D eigenvalue weighted by Crippen LogP contribution is -2.32. The van der Waals surface area contributed by atoms with Gasteiger partial charge in [0, 0.05) is 24.7 Å². The molecule has 2 amide bonds. The first-order valence-electron chi connectivity index (χ1n) is 11.6. The smallest absolute Gasteiger partial charge is 0.262 e. The van der Waals surface area contributed by atoms with Crippen LogP contribution in [0.25, 0.3) is 16.7 Å². The summed E-state index contributed by atoms with van der Waals surface area (Å²) in [6, 6.07) is 14.9. The summed E-state index contributed by atoms with van der Waals surface area (Å²) in [6.45, 7) is 5.98. The standard InChI is InChI=1S/C25H28N6O3S/c1-4-17-9-5-7-11-19(17)27-22(33)15-35-25-29-28-24-30(14-13-21(32)26-16(2)3)23(34)18-10-6-8-12-20(18)31(24)25/h5-12,16H,4,13-15H2,1-3H3,(H,26,32)(H,27,33). The molecule has 9 nitrogen and oxygen atoms in total. The van der Waals surface area contributed by atoms with Gasteiger partial charge in [0.2, 0.25) is 17.6 Å². The van der Waals surface area contributed by atoms with E-state index in [1.165, 1.54) is 16.3 Å². The number of carbonyl (C=O) groups excluding carboxylic acids is 2. The van der Waals surface area contributed by atoms with E-state index >= 15 is 0 Å². The van der Waals surface area contributed by atoms with Crippen molar-refractivity contribution in [3.8, 4) is 0 Å². The summed E-state index contributed by atoms with van der Waals surface area (Å²) in [5, 5.41) is 15.3. The molecular weight excluding hydrogens is 464 g/mol. The van der Waals surface area contributed by atoms with Gasteiger partial charge in [0.1, 0.15) is 0 Å². The van der Waals surface area contributed by atoms with E-state index in [-0.39, 0.29) is 42.1 Å². The van der Waals surface area contributed by atoms with Gasteiger partial charge >= 0.3 is 0 Å². The molecule has 0 saturated heterocycles. The third-order valence-electron chi connectivity index (χ3n) is 5.50. The van der Waals surface area contributed by atoms with E-state index in [4.69, 9.17) is 0 Å². The maximum absolute atomic E-state index is 13.2. The number of rotatable bonds is 9. The Morgan fingerprint density at radius 3 is 2.54 bits per heavy atom. The van der Waals surface area contributed by atoms with Gasteiger partial charge in [-0.25, -0.2) is 0 Å². The van der Waals surface area contributed by atoms with Gasteiger partial charge in [0.15, 0.2) is 5.16 Å². The average Bonchev–Trinajstić information content (AvgIpc) is 3.26. The van der Waals surface area contributed by atoms with Crippen molar-refractivity contribution in [2.24, 2.45) is 0 Å². The molecule has 182 valence electrons. The minimum atomic E-state index is -0.233. The molecule has 0 unspecified atom stereocenters. The molecule has 0 bridgehead atoms. The van der Waals surface area contributed by atoms with Gasteiger partial charge in [-0.05, 0) is 44.0 Å². The molecule has 0 aliphatic heterocycles. The topological polar surface area (TPSA) is 110 Å². The SMILES string of the molecule is CCc1ccccc1NC(=O)CSc1nnc2n(CCC(=O)NC(C)C)c(=O)c3ccccc3n12. The quantitative estimate of drug-likeness (QED) is 0.347. The summed E-state index contributed by atoms with van der Waals surface area (Å²) >= 11 is 1.24. The Kier molecular flexibility index (Phi) is 7.50. The molecule has 0 spiro atoms. The van der Waals surface area contributed by atoms with Crippen LogP contribution >= 0.6 is 11.8 Å². The van der Waals surface area contributed by atoms with Crippen molar-refractivity contribution in [2.45, 2.75) is 51.4 Å². The first-order valence-corrected chi connectivity index (χ1v) is 12.5.